The van der Waals surface area contributed by atoms with Crippen molar-refractivity contribution in [1.29, 1.82) is 0 Å². The molecule has 0 aliphatic heterocycles. The second kappa shape index (κ2) is 6.72. The molecular formula is C17H22N4O3S. The van der Waals surface area contributed by atoms with Gasteiger partial charge >= 0.3 is 0 Å². The summed E-state index contributed by atoms with van der Waals surface area (Å²) < 4.78 is 24.0. The third-order valence-corrected chi connectivity index (χ3v) is 6.19. The van der Waals surface area contributed by atoms with Gasteiger partial charge in [0.2, 0.25) is 0 Å². The number of rotatable bonds is 4. The van der Waals surface area contributed by atoms with Crippen molar-refractivity contribution in [1.82, 2.24) is 4.98 Å². The zero-order valence-corrected chi connectivity index (χ0v) is 15.4. The average molecular weight is 362 g/mol. The minimum absolute atomic E-state index is 0.0395. The van der Waals surface area contributed by atoms with Crippen LogP contribution in [0, 0.1) is 0 Å². The Morgan fingerprint density at radius 2 is 1.76 bits per heavy atom. The second-order valence-corrected chi connectivity index (χ2v) is 9.16. The van der Waals surface area contributed by atoms with Gasteiger partial charge in [0.1, 0.15) is 11.4 Å². The highest BCUT2D eigenvalue weighted by Gasteiger charge is 2.30. The summed E-state index contributed by atoms with van der Waals surface area (Å²) >= 11 is 0. The maximum absolute atomic E-state index is 12.4. The molecule has 8 heteroatoms. The first-order chi connectivity index (χ1) is 11.6. The molecule has 7 nitrogen and oxygen atoms in total. The van der Waals surface area contributed by atoms with Crippen LogP contribution in [0.15, 0.2) is 51.2 Å². The van der Waals surface area contributed by atoms with Crippen LogP contribution in [0.25, 0.3) is 0 Å². The van der Waals surface area contributed by atoms with Gasteiger partial charge in [-0.25, -0.2) is 13.4 Å². The molecule has 0 spiro atoms. The van der Waals surface area contributed by atoms with E-state index in [9.17, 15) is 13.2 Å². The molecule has 1 heterocycles. The Kier molecular flexibility index (Phi) is 5.03. The quantitative estimate of drug-likeness (QED) is 0.568. The average Bonchev–Trinajstić information content (AvgIpc) is 2.53. The van der Waals surface area contributed by atoms with Gasteiger partial charge < -0.3 is 16.0 Å². The van der Waals surface area contributed by atoms with Crippen molar-refractivity contribution in [2.75, 3.05) is 12.4 Å². The zero-order valence-electron chi connectivity index (χ0n) is 14.6. The topological polar surface area (TPSA) is 117 Å². The van der Waals surface area contributed by atoms with Crippen LogP contribution in [0.2, 0.25) is 0 Å². The highest BCUT2D eigenvalue weighted by molar-refractivity contribution is 7.92. The number of benzene rings is 1. The van der Waals surface area contributed by atoms with E-state index in [1.807, 2.05) is 0 Å². The first-order valence-electron chi connectivity index (χ1n) is 7.66. The maximum Gasteiger partial charge on any atom is 0.261 e. The molecule has 0 bridgehead atoms. The van der Waals surface area contributed by atoms with Crippen LogP contribution < -0.4 is 16.6 Å². The largest absolute Gasteiger partial charge is 0.387 e. The highest BCUT2D eigenvalue weighted by Crippen LogP contribution is 2.26. The Balaban J connectivity index is 2.42. The number of sulfone groups is 1. The molecule has 1 aromatic carbocycles. The van der Waals surface area contributed by atoms with Crippen molar-refractivity contribution in [3.8, 4) is 0 Å². The molecule has 0 saturated heterocycles. The number of hydrogen-bond donors (Lipinski definition) is 3. The smallest absolute Gasteiger partial charge is 0.261 e. The van der Waals surface area contributed by atoms with E-state index in [1.165, 1.54) is 18.3 Å². The lowest BCUT2D eigenvalue weighted by atomic mass is 10.2. The molecule has 25 heavy (non-hydrogen) atoms. The minimum atomic E-state index is -3.44. The molecule has 0 aliphatic rings. The molecule has 4 N–H and O–H groups in total. The summed E-state index contributed by atoms with van der Waals surface area (Å²) in [7, 11) is -1.76. The summed E-state index contributed by atoms with van der Waals surface area (Å²) in [5.74, 6) is 0.0395. The molecule has 0 unspecified atom stereocenters. The van der Waals surface area contributed by atoms with E-state index >= 15 is 0 Å². The number of H-pyrrole nitrogens is 1. The SMILES string of the molecule is CNc1cc[nH]c(=O)c1C(N)=Nc1ccc(S(=O)(=O)C(C)(C)C)cc1. The molecule has 0 saturated carbocycles. The fourth-order valence-electron chi connectivity index (χ4n) is 2.19. The molecule has 0 atom stereocenters. The molecule has 0 fully saturated rings. The zero-order chi connectivity index (χ0) is 18.8. The van der Waals surface area contributed by atoms with Gasteiger partial charge in [0, 0.05) is 13.2 Å². The van der Waals surface area contributed by atoms with E-state index in [0.717, 1.165) is 0 Å². The van der Waals surface area contributed by atoms with Gasteiger partial charge in [-0.2, -0.15) is 0 Å². The first-order valence-corrected chi connectivity index (χ1v) is 9.15. The van der Waals surface area contributed by atoms with Crippen molar-refractivity contribution < 1.29 is 8.42 Å². The Hall–Kier alpha value is -2.61. The second-order valence-electron chi connectivity index (χ2n) is 6.45. The van der Waals surface area contributed by atoms with Gasteiger partial charge in [0.15, 0.2) is 9.84 Å². The number of nitrogens with one attached hydrogen (secondary N) is 2. The van der Waals surface area contributed by atoms with Gasteiger partial charge in [-0.3, -0.25) is 4.79 Å². The normalized spacial score (nSPS) is 12.9. The van der Waals surface area contributed by atoms with Crippen LogP contribution in [0.5, 0.6) is 0 Å². The standard InChI is InChI=1S/C17H22N4O3S/c1-17(2,3)25(23,24)12-7-5-11(6-8-12)21-15(18)14-13(19-4)9-10-20-16(14)22/h5-10H,1-4H3,(H2,18,21)(H2,19,20,22). The van der Waals surface area contributed by atoms with Crippen LogP contribution in [0.1, 0.15) is 26.3 Å². The van der Waals surface area contributed by atoms with E-state index < -0.39 is 14.6 Å². The van der Waals surface area contributed by atoms with E-state index in [0.29, 0.717) is 11.4 Å². The van der Waals surface area contributed by atoms with Crippen molar-refractivity contribution in [2.45, 2.75) is 30.4 Å². The van der Waals surface area contributed by atoms with E-state index in [2.05, 4.69) is 15.3 Å². The van der Waals surface area contributed by atoms with E-state index in [1.54, 1.807) is 46.0 Å². The van der Waals surface area contributed by atoms with Gasteiger partial charge in [0.25, 0.3) is 5.56 Å². The third kappa shape index (κ3) is 3.74. The molecule has 1 aromatic heterocycles. The number of anilines is 1. The summed E-state index contributed by atoms with van der Waals surface area (Å²) in [6.45, 7) is 4.94. The molecule has 0 aliphatic carbocycles. The molecule has 2 rings (SSSR count). The van der Waals surface area contributed by atoms with Gasteiger partial charge in [0.05, 0.1) is 21.0 Å². The van der Waals surface area contributed by atoms with Gasteiger partial charge in [-0.05, 0) is 51.1 Å². The molecule has 0 radical (unpaired) electrons. The van der Waals surface area contributed by atoms with Crippen LogP contribution in [-0.4, -0.2) is 31.0 Å². The van der Waals surface area contributed by atoms with Crippen molar-refractivity contribution in [3.05, 3.63) is 52.4 Å². The number of hydrogen-bond acceptors (Lipinski definition) is 5. The van der Waals surface area contributed by atoms with E-state index in [4.69, 9.17) is 5.73 Å². The van der Waals surface area contributed by atoms with Crippen LogP contribution >= 0.6 is 0 Å². The Bertz CT molecular complexity index is 953. The predicted octanol–water partition coefficient (Wildman–Crippen LogP) is 2.03. The molecule has 0 amide bonds. The summed E-state index contributed by atoms with van der Waals surface area (Å²) in [5.41, 5.74) is 6.85. The van der Waals surface area contributed by atoms with Crippen molar-refractivity contribution >= 4 is 27.0 Å². The number of aromatic amines is 1. The molecule has 134 valence electrons. The summed E-state index contributed by atoms with van der Waals surface area (Å²) in [4.78, 5) is 19.0. The lowest BCUT2D eigenvalue weighted by molar-refractivity contribution is 0.560. The number of pyridine rings is 1. The maximum atomic E-state index is 12.4. The number of nitrogens with zero attached hydrogens (tertiary/aromatic N) is 1. The Morgan fingerprint density at radius 3 is 2.28 bits per heavy atom. The molecule has 2 aromatic rings. The fourth-order valence-corrected chi connectivity index (χ4v) is 3.39. The summed E-state index contributed by atoms with van der Waals surface area (Å²) in [6.07, 6.45) is 1.51. The number of aliphatic imine (C=N–C) groups is 1. The third-order valence-electron chi connectivity index (χ3n) is 3.69. The van der Waals surface area contributed by atoms with E-state index in [-0.39, 0.29) is 21.9 Å². The minimum Gasteiger partial charge on any atom is -0.387 e. The predicted molar refractivity (Wildman–Crippen MR) is 100 cm³/mol. The number of aromatic nitrogens is 1. The van der Waals surface area contributed by atoms with Crippen LogP contribution in [-0.2, 0) is 9.84 Å². The highest BCUT2D eigenvalue weighted by atomic mass is 32.2. The monoisotopic (exact) mass is 362 g/mol. The summed E-state index contributed by atoms with van der Waals surface area (Å²) in [5, 5.41) is 2.89. The molecular weight excluding hydrogens is 340 g/mol. The van der Waals surface area contributed by atoms with Gasteiger partial charge in [-0.1, -0.05) is 0 Å². The van der Waals surface area contributed by atoms with Crippen LogP contribution in [0.3, 0.4) is 0 Å². The fraction of sp³-hybridized carbons (Fsp3) is 0.294. The van der Waals surface area contributed by atoms with Crippen molar-refractivity contribution in [3.63, 3.8) is 0 Å². The number of amidine groups is 1. The first kappa shape index (κ1) is 18.7. The van der Waals surface area contributed by atoms with Crippen molar-refractivity contribution in [2.24, 2.45) is 10.7 Å². The lowest BCUT2D eigenvalue weighted by Gasteiger charge is -2.19. The Morgan fingerprint density at radius 1 is 1.16 bits per heavy atom. The lowest BCUT2D eigenvalue weighted by Crippen LogP contribution is -2.27. The Labute approximate surface area is 146 Å². The number of nitrogens with two attached hydrogens (primary N) is 1. The van der Waals surface area contributed by atoms with Crippen LogP contribution in [0.4, 0.5) is 11.4 Å². The summed E-state index contributed by atoms with van der Waals surface area (Å²) in [6, 6.07) is 7.77. The van der Waals surface area contributed by atoms with Gasteiger partial charge in [-0.15, -0.1) is 0 Å².